The maximum Gasteiger partial charge on any atom is 0.128 e. The lowest BCUT2D eigenvalue weighted by Crippen LogP contribution is -2.38. The largest absolute Gasteiger partial charge is 0.490 e. The molecule has 4 heteroatoms. The number of hydrogen-bond donors (Lipinski definition) is 2. The van der Waals surface area contributed by atoms with Gasteiger partial charge in [0.15, 0.2) is 0 Å². The summed E-state index contributed by atoms with van der Waals surface area (Å²) in [5, 5.41) is 22.5. The van der Waals surface area contributed by atoms with Crippen molar-refractivity contribution in [3.05, 3.63) is 29.8 Å². The van der Waals surface area contributed by atoms with E-state index >= 15 is 0 Å². The number of benzene rings is 1. The summed E-state index contributed by atoms with van der Waals surface area (Å²) in [5.74, 6) is 0.717. The number of oxime groups is 1. The Bertz CT molecular complexity index is 439. The summed E-state index contributed by atoms with van der Waals surface area (Å²) in [7, 11) is 0. The average Bonchev–Trinajstić information content (AvgIpc) is 2.39. The van der Waals surface area contributed by atoms with Gasteiger partial charge in [-0.2, -0.15) is 0 Å². The predicted octanol–water partition coefficient (Wildman–Crippen LogP) is 3.06. The lowest BCUT2D eigenvalue weighted by molar-refractivity contribution is -0.0266. The van der Waals surface area contributed by atoms with Crippen LogP contribution in [-0.2, 0) is 0 Å². The Kier molecular flexibility index (Phi) is 5.36. The van der Waals surface area contributed by atoms with Crippen molar-refractivity contribution in [2.24, 2.45) is 11.1 Å². The average molecular weight is 265 g/mol. The van der Waals surface area contributed by atoms with E-state index in [1.54, 1.807) is 6.92 Å². The quantitative estimate of drug-likeness (QED) is 0.472. The molecule has 0 amide bonds. The van der Waals surface area contributed by atoms with Gasteiger partial charge in [0, 0.05) is 5.56 Å². The highest BCUT2D eigenvalue weighted by Crippen LogP contribution is 2.23. The van der Waals surface area contributed by atoms with E-state index in [4.69, 9.17) is 9.94 Å². The first kappa shape index (κ1) is 15.5. The van der Waals surface area contributed by atoms with E-state index in [2.05, 4.69) is 5.16 Å². The van der Waals surface area contributed by atoms with Crippen molar-refractivity contribution in [3.63, 3.8) is 0 Å². The fraction of sp³-hybridized carbons (Fsp3) is 0.533. The molecule has 0 saturated carbocycles. The van der Waals surface area contributed by atoms with Crippen LogP contribution >= 0.6 is 0 Å². The van der Waals surface area contributed by atoms with Gasteiger partial charge in [-0.1, -0.05) is 38.1 Å². The lowest BCUT2D eigenvalue weighted by atomic mass is 9.94. The van der Waals surface area contributed by atoms with Crippen LogP contribution in [0.2, 0.25) is 0 Å². The van der Waals surface area contributed by atoms with Crippen molar-refractivity contribution in [1.29, 1.82) is 0 Å². The first-order valence-corrected chi connectivity index (χ1v) is 6.57. The van der Waals surface area contributed by atoms with Gasteiger partial charge in [-0.3, -0.25) is 0 Å². The molecule has 0 saturated heterocycles. The molecule has 0 spiro atoms. The first-order valence-electron chi connectivity index (χ1n) is 6.57. The molecule has 0 aliphatic rings. The van der Waals surface area contributed by atoms with E-state index < -0.39 is 5.60 Å². The van der Waals surface area contributed by atoms with Gasteiger partial charge >= 0.3 is 0 Å². The van der Waals surface area contributed by atoms with Crippen LogP contribution in [0.5, 0.6) is 5.75 Å². The molecule has 1 rings (SSSR count). The maximum absolute atomic E-state index is 10.2. The van der Waals surface area contributed by atoms with Gasteiger partial charge in [-0.25, -0.2) is 0 Å². The number of aliphatic hydroxyl groups is 1. The van der Waals surface area contributed by atoms with Crippen LogP contribution in [0.4, 0.5) is 0 Å². The normalized spacial score (nSPS) is 15.4. The van der Waals surface area contributed by atoms with E-state index in [-0.39, 0.29) is 12.5 Å². The second-order valence-corrected chi connectivity index (χ2v) is 5.20. The molecule has 4 nitrogen and oxygen atoms in total. The van der Waals surface area contributed by atoms with Crippen LogP contribution < -0.4 is 4.74 Å². The van der Waals surface area contributed by atoms with Gasteiger partial charge in [-0.15, -0.1) is 0 Å². The van der Waals surface area contributed by atoms with E-state index in [0.29, 0.717) is 17.9 Å². The summed E-state index contributed by atoms with van der Waals surface area (Å²) in [6, 6.07) is 7.38. The van der Waals surface area contributed by atoms with Gasteiger partial charge in [-0.05, 0) is 31.4 Å². The Hall–Kier alpha value is -1.55. The number of para-hydroxylation sites is 1. The highest BCUT2D eigenvalue weighted by atomic mass is 16.5. The molecule has 0 bridgehead atoms. The molecule has 0 fully saturated rings. The third-order valence-electron chi connectivity index (χ3n) is 3.42. The fourth-order valence-corrected chi connectivity index (χ4v) is 1.54. The molecule has 0 heterocycles. The van der Waals surface area contributed by atoms with Crippen LogP contribution in [0, 0.1) is 5.92 Å². The molecule has 1 atom stereocenters. The summed E-state index contributed by atoms with van der Waals surface area (Å²) < 4.78 is 5.71. The third-order valence-corrected chi connectivity index (χ3v) is 3.42. The summed E-state index contributed by atoms with van der Waals surface area (Å²) in [4.78, 5) is 0. The molecule has 1 unspecified atom stereocenters. The van der Waals surface area contributed by atoms with Gasteiger partial charge in [0.1, 0.15) is 12.4 Å². The number of hydrogen-bond acceptors (Lipinski definition) is 4. The van der Waals surface area contributed by atoms with Crippen LogP contribution in [0.15, 0.2) is 29.4 Å². The molecule has 0 aromatic heterocycles. The Morgan fingerprint density at radius 1 is 1.37 bits per heavy atom. The first-order chi connectivity index (χ1) is 8.92. The minimum atomic E-state index is -0.893. The van der Waals surface area contributed by atoms with E-state index in [1.807, 2.05) is 45.0 Å². The smallest absolute Gasteiger partial charge is 0.128 e. The van der Waals surface area contributed by atoms with Crippen LogP contribution in [0.25, 0.3) is 0 Å². The van der Waals surface area contributed by atoms with Crippen molar-refractivity contribution in [3.8, 4) is 5.75 Å². The standard InChI is InChI=1S/C15H23NO3/c1-5-13(16-18)12-8-6-7-9-14(12)19-10-15(4,17)11(2)3/h6-9,11,17-18H,5,10H2,1-4H3/b16-13-. The molecule has 0 aliphatic heterocycles. The molecule has 0 radical (unpaired) electrons. The summed E-state index contributed by atoms with van der Waals surface area (Å²) >= 11 is 0. The topological polar surface area (TPSA) is 62.1 Å². The second kappa shape index (κ2) is 6.57. The monoisotopic (exact) mass is 265 g/mol. The molecule has 1 aromatic carbocycles. The minimum absolute atomic E-state index is 0.0943. The molecule has 1 aromatic rings. The third kappa shape index (κ3) is 3.96. The summed E-state index contributed by atoms with van der Waals surface area (Å²) in [6.45, 7) is 7.76. The maximum atomic E-state index is 10.2. The van der Waals surface area contributed by atoms with Crippen molar-refractivity contribution in [2.75, 3.05) is 6.61 Å². The van der Waals surface area contributed by atoms with Gasteiger partial charge in [0.2, 0.25) is 0 Å². The van der Waals surface area contributed by atoms with Crippen molar-refractivity contribution in [1.82, 2.24) is 0 Å². The zero-order valence-electron chi connectivity index (χ0n) is 12.1. The number of rotatable bonds is 6. The van der Waals surface area contributed by atoms with E-state index in [1.165, 1.54) is 0 Å². The van der Waals surface area contributed by atoms with Gasteiger partial charge < -0.3 is 15.1 Å². The van der Waals surface area contributed by atoms with Crippen LogP contribution in [0.3, 0.4) is 0 Å². The highest BCUT2D eigenvalue weighted by Gasteiger charge is 2.26. The fourth-order valence-electron chi connectivity index (χ4n) is 1.54. The Labute approximate surface area is 114 Å². The van der Waals surface area contributed by atoms with Crippen molar-refractivity contribution in [2.45, 2.75) is 39.7 Å². The zero-order chi connectivity index (χ0) is 14.5. The second-order valence-electron chi connectivity index (χ2n) is 5.20. The Morgan fingerprint density at radius 2 is 2.00 bits per heavy atom. The molecule has 2 N–H and O–H groups in total. The van der Waals surface area contributed by atoms with Gasteiger partial charge in [0.05, 0.1) is 11.3 Å². The lowest BCUT2D eigenvalue weighted by Gasteiger charge is -2.28. The molecular weight excluding hydrogens is 242 g/mol. The zero-order valence-corrected chi connectivity index (χ0v) is 12.1. The molecule has 19 heavy (non-hydrogen) atoms. The van der Waals surface area contributed by atoms with Crippen molar-refractivity contribution >= 4 is 5.71 Å². The Balaban J connectivity index is 2.91. The summed E-state index contributed by atoms with van der Waals surface area (Å²) in [5.41, 5.74) is 0.433. The SMILES string of the molecule is CC/C(=N/O)c1ccccc1OCC(C)(O)C(C)C. The number of nitrogens with zero attached hydrogens (tertiary/aromatic N) is 1. The van der Waals surface area contributed by atoms with Crippen LogP contribution in [0.1, 0.15) is 39.7 Å². The minimum Gasteiger partial charge on any atom is -0.490 e. The molecular formula is C15H23NO3. The summed E-state index contributed by atoms with van der Waals surface area (Å²) in [6.07, 6.45) is 0.609. The van der Waals surface area contributed by atoms with Gasteiger partial charge in [0.25, 0.3) is 0 Å². The Morgan fingerprint density at radius 3 is 2.53 bits per heavy atom. The number of ether oxygens (including phenoxy) is 1. The van der Waals surface area contributed by atoms with Crippen LogP contribution in [-0.4, -0.2) is 28.2 Å². The van der Waals surface area contributed by atoms with E-state index in [0.717, 1.165) is 5.56 Å². The molecule has 106 valence electrons. The predicted molar refractivity (Wildman–Crippen MR) is 76.0 cm³/mol. The van der Waals surface area contributed by atoms with E-state index in [9.17, 15) is 5.11 Å². The molecule has 0 aliphatic carbocycles. The highest BCUT2D eigenvalue weighted by molar-refractivity contribution is 6.02. The van der Waals surface area contributed by atoms with Crippen molar-refractivity contribution < 1.29 is 15.1 Å².